The second kappa shape index (κ2) is 43.8. The van der Waals surface area contributed by atoms with Gasteiger partial charge in [-0.05, 0) is 44.9 Å². The molecule has 11 heteroatoms. The van der Waals surface area contributed by atoms with Crippen LogP contribution in [0.2, 0.25) is 0 Å². The third-order valence-electron chi connectivity index (χ3n) is 13.3. The molecule has 0 bridgehead atoms. The van der Waals surface area contributed by atoms with Crippen molar-refractivity contribution in [3.05, 3.63) is 24.3 Å². The molecule has 0 radical (unpaired) electrons. The van der Waals surface area contributed by atoms with E-state index in [1.165, 1.54) is 154 Å². The standard InChI is InChI=1S/C54H103NO10/c1-3-5-7-9-11-13-15-17-18-19-20-21-22-23-24-25-26-27-28-29-30-32-34-36-38-40-42-47(58)53(63)55-45(44-64-54-52(62)51(61)50(60)48(43-56)65-54)49(59)46(57)41-39-37-35-33-31-16-14-12-10-8-6-4-2/h20-21,23-24,45-52,54,56-62H,3-19,22,25-44H2,1-2H3,(H,55,63)/b21-20-,24-23-. The zero-order valence-corrected chi connectivity index (χ0v) is 41.7. The number of carbonyl (C=O) groups excluding carboxylic acids is 1. The average Bonchev–Trinajstić information content (AvgIpc) is 3.31. The number of allylic oxidation sites excluding steroid dienone is 4. The van der Waals surface area contributed by atoms with Crippen LogP contribution in [0.4, 0.5) is 0 Å². The zero-order valence-electron chi connectivity index (χ0n) is 41.7. The molecular formula is C54H103NO10. The summed E-state index contributed by atoms with van der Waals surface area (Å²) >= 11 is 0. The first kappa shape index (κ1) is 61.6. The summed E-state index contributed by atoms with van der Waals surface area (Å²) in [4.78, 5) is 13.1. The molecule has 0 aromatic rings. The molecule has 11 nitrogen and oxygen atoms in total. The molecule has 1 aliphatic heterocycles. The quantitative estimate of drug-likeness (QED) is 0.0216. The van der Waals surface area contributed by atoms with Gasteiger partial charge in [-0.1, -0.05) is 224 Å². The molecule has 8 N–H and O–H groups in total. The smallest absolute Gasteiger partial charge is 0.249 e. The van der Waals surface area contributed by atoms with Crippen LogP contribution in [-0.2, 0) is 14.3 Å². The Bertz CT molecular complexity index is 1110. The SMILES string of the molecule is CCCCCCCCCCC/C=C\C/C=C\CCCCCCCCCCCCC(O)C(=O)NC(COC1OC(CO)C(O)C(O)C1O)C(O)C(O)CCCCCCCCCCCCCC. The predicted octanol–water partition coefficient (Wildman–Crippen LogP) is 10.6. The van der Waals surface area contributed by atoms with E-state index in [1.807, 2.05) is 0 Å². The lowest BCUT2D eigenvalue weighted by atomic mass is 9.98. The molecule has 384 valence electrons. The molecule has 1 fully saturated rings. The van der Waals surface area contributed by atoms with Gasteiger partial charge in [0.1, 0.15) is 36.6 Å². The van der Waals surface area contributed by atoms with Gasteiger partial charge >= 0.3 is 0 Å². The lowest BCUT2D eigenvalue weighted by Gasteiger charge is -2.40. The molecule has 9 unspecified atom stereocenters. The maximum Gasteiger partial charge on any atom is 0.249 e. The molecule has 0 aliphatic carbocycles. The topological polar surface area (TPSA) is 189 Å². The van der Waals surface area contributed by atoms with Gasteiger partial charge in [0.15, 0.2) is 6.29 Å². The molecule has 1 rings (SSSR count). The van der Waals surface area contributed by atoms with E-state index < -0.39 is 74.2 Å². The van der Waals surface area contributed by atoms with E-state index in [-0.39, 0.29) is 6.42 Å². The summed E-state index contributed by atoms with van der Waals surface area (Å²) in [5, 5.41) is 75.9. The molecule has 9 atom stereocenters. The number of hydrogen-bond donors (Lipinski definition) is 8. The van der Waals surface area contributed by atoms with Crippen LogP contribution in [0.25, 0.3) is 0 Å². The van der Waals surface area contributed by atoms with Crippen molar-refractivity contribution in [3.63, 3.8) is 0 Å². The van der Waals surface area contributed by atoms with Crippen molar-refractivity contribution in [1.29, 1.82) is 0 Å². The molecule has 1 saturated heterocycles. The summed E-state index contributed by atoms with van der Waals surface area (Å²) < 4.78 is 11.1. The summed E-state index contributed by atoms with van der Waals surface area (Å²) in [6.45, 7) is 3.45. The molecule has 1 aliphatic rings. The Hall–Kier alpha value is -1.41. The lowest BCUT2D eigenvalue weighted by Crippen LogP contribution is -2.60. The van der Waals surface area contributed by atoms with Crippen molar-refractivity contribution < 1.29 is 50.0 Å². The van der Waals surface area contributed by atoms with E-state index in [4.69, 9.17) is 9.47 Å². The summed E-state index contributed by atoms with van der Waals surface area (Å²) in [6, 6.07) is -1.17. The number of rotatable bonds is 46. The van der Waals surface area contributed by atoms with Gasteiger partial charge in [0, 0.05) is 0 Å². The molecule has 1 heterocycles. The minimum Gasteiger partial charge on any atom is -0.394 e. The van der Waals surface area contributed by atoms with Gasteiger partial charge in [-0.3, -0.25) is 4.79 Å². The third kappa shape index (κ3) is 32.9. The van der Waals surface area contributed by atoms with Crippen LogP contribution in [0, 0.1) is 0 Å². The van der Waals surface area contributed by atoms with Crippen LogP contribution >= 0.6 is 0 Å². The van der Waals surface area contributed by atoms with Crippen molar-refractivity contribution in [3.8, 4) is 0 Å². The van der Waals surface area contributed by atoms with Crippen LogP contribution in [0.15, 0.2) is 24.3 Å². The van der Waals surface area contributed by atoms with Gasteiger partial charge in [-0.2, -0.15) is 0 Å². The third-order valence-corrected chi connectivity index (χ3v) is 13.3. The van der Waals surface area contributed by atoms with Gasteiger partial charge in [0.25, 0.3) is 0 Å². The fraction of sp³-hybridized carbons (Fsp3) is 0.907. The number of nitrogens with one attached hydrogen (secondary N) is 1. The number of unbranched alkanes of at least 4 members (excludes halogenated alkanes) is 30. The number of ether oxygens (including phenoxy) is 2. The van der Waals surface area contributed by atoms with Gasteiger partial charge in [-0.25, -0.2) is 0 Å². The highest BCUT2D eigenvalue weighted by atomic mass is 16.7. The van der Waals surface area contributed by atoms with Gasteiger partial charge in [0.05, 0.1) is 25.4 Å². The molecule has 0 aromatic heterocycles. The van der Waals surface area contributed by atoms with E-state index in [2.05, 4.69) is 43.5 Å². The molecule has 65 heavy (non-hydrogen) atoms. The lowest BCUT2D eigenvalue weighted by molar-refractivity contribution is -0.303. The Morgan fingerprint density at radius 3 is 1.37 bits per heavy atom. The van der Waals surface area contributed by atoms with E-state index >= 15 is 0 Å². The second-order valence-electron chi connectivity index (χ2n) is 19.3. The minimum atomic E-state index is -1.66. The van der Waals surface area contributed by atoms with Crippen molar-refractivity contribution in [1.82, 2.24) is 5.32 Å². The number of carbonyl (C=O) groups is 1. The van der Waals surface area contributed by atoms with Crippen LogP contribution < -0.4 is 5.32 Å². The fourth-order valence-electron chi connectivity index (χ4n) is 8.77. The highest BCUT2D eigenvalue weighted by molar-refractivity contribution is 5.80. The average molecular weight is 926 g/mol. The maximum atomic E-state index is 13.1. The van der Waals surface area contributed by atoms with Gasteiger partial charge in [0.2, 0.25) is 5.91 Å². The van der Waals surface area contributed by atoms with Crippen LogP contribution in [0.5, 0.6) is 0 Å². The summed E-state index contributed by atoms with van der Waals surface area (Å²) in [5.74, 6) is -0.698. The molecule has 0 aromatic carbocycles. The predicted molar refractivity (Wildman–Crippen MR) is 266 cm³/mol. The Morgan fingerprint density at radius 1 is 0.538 bits per heavy atom. The monoisotopic (exact) mass is 926 g/mol. The Kier molecular flexibility index (Phi) is 41.6. The van der Waals surface area contributed by atoms with Crippen LogP contribution in [0.1, 0.15) is 245 Å². The molecule has 0 spiro atoms. The minimum absolute atomic E-state index is 0.258. The van der Waals surface area contributed by atoms with Gasteiger partial charge < -0.3 is 50.5 Å². The summed E-state index contributed by atoms with van der Waals surface area (Å²) in [5.41, 5.74) is 0. The molecule has 0 saturated carbocycles. The van der Waals surface area contributed by atoms with Crippen molar-refractivity contribution >= 4 is 5.91 Å². The largest absolute Gasteiger partial charge is 0.394 e. The van der Waals surface area contributed by atoms with Crippen molar-refractivity contribution in [2.24, 2.45) is 0 Å². The maximum absolute atomic E-state index is 13.1. The van der Waals surface area contributed by atoms with E-state index in [9.17, 15) is 40.5 Å². The van der Waals surface area contributed by atoms with E-state index in [1.54, 1.807) is 0 Å². The highest BCUT2D eigenvalue weighted by Crippen LogP contribution is 2.23. The van der Waals surface area contributed by atoms with E-state index in [0.29, 0.717) is 19.3 Å². The van der Waals surface area contributed by atoms with Crippen molar-refractivity contribution in [2.75, 3.05) is 13.2 Å². The van der Waals surface area contributed by atoms with Crippen molar-refractivity contribution in [2.45, 2.75) is 300 Å². The Morgan fingerprint density at radius 2 is 0.938 bits per heavy atom. The second-order valence-corrected chi connectivity index (χ2v) is 19.3. The number of aliphatic hydroxyl groups is 7. The number of amides is 1. The summed E-state index contributed by atoms with van der Waals surface area (Å²) in [6.07, 6.45) is 39.5. The number of hydrogen-bond acceptors (Lipinski definition) is 10. The Labute approximate surface area is 397 Å². The molecule has 1 amide bonds. The first-order valence-electron chi connectivity index (χ1n) is 27.2. The highest BCUT2D eigenvalue weighted by Gasteiger charge is 2.44. The first-order valence-corrected chi connectivity index (χ1v) is 27.2. The zero-order chi connectivity index (χ0) is 47.6. The van der Waals surface area contributed by atoms with Crippen LogP contribution in [-0.4, -0.2) is 110 Å². The fourth-order valence-corrected chi connectivity index (χ4v) is 8.77. The van der Waals surface area contributed by atoms with E-state index in [0.717, 1.165) is 51.4 Å². The normalized spacial score (nSPS) is 21.0. The van der Waals surface area contributed by atoms with Gasteiger partial charge in [-0.15, -0.1) is 0 Å². The Balaban J connectivity index is 2.29. The molecular weight excluding hydrogens is 823 g/mol. The summed E-state index contributed by atoms with van der Waals surface area (Å²) in [7, 11) is 0. The van der Waals surface area contributed by atoms with Crippen LogP contribution in [0.3, 0.4) is 0 Å². The number of aliphatic hydroxyl groups excluding tert-OH is 7. The first-order chi connectivity index (χ1) is 31.7.